The SMILES string of the molecule is COC1C(C)CNC(CCl)C1C. The van der Waals surface area contributed by atoms with Crippen LogP contribution in [0.5, 0.6) is 0 Å². The van der Waals surface area contributed by atoms with Crippen molar-refractivity contribution in [3.63, 3.8) is 0 Å². The number of piperidine rings is 1. The molecule has 1 aliphatic rings. The molecule has 0 spiro atoms. The maximum atomic E-state index is 5.83. The van der Waals surface area contributed by atoms with Crippen molar-refractivity contribution in [2.24, 2.45) is 11.8 Å². The molecule has 1 rings (SSSR count). The normalized spacial score (nSPS) is 43.0. The minimum atomic E-state index is 0.356. The van der Waals surface area contributed by atoms with Gasteiger partial charge in [0.05, 0.1) is 6.10 Å². The van der Waals surface area contributed by atoms with Gasteiger partial charge >= 0.3 is 0 Å². The van der Waals surface area contributed by atoms with Crippen molar-refractivity contribution in [3.8, 4) is 0 Å². The van der Waals surface area contributed by atoms with Crippen molar-refractivity contribution in [2.75, 3.05) is 19.5 Å². The van der Waals surface area contributed by atoms with Crippen molar-refractivity contribution < 1.29 is 4.74 Å². The maximum Gasteiger partial charge on any atom is 0.0649 e. The molecule has 0 aromatic heterocycles. The molecule has 12 heavy (non-hydrogen) atoms. The first kappa shape index (κ1) is 10.3. The van der Waals surface area contributed by atoms with Crippen LogP contribution in [-0.2, 0) is 4.74 Å². The van der Waals surface area contributed by atoms with Gasteiger partial charge in [-0.3, -0.25) is 0 Å². The molecule has 0 aromatic rings. The van der Waals surface area contributed by atoms with Crippen LogP contribution in [0.2, 0.25) is 0 Å². The Morgan fingerprint density at radius 2 is 2.17 bits per heavy atom. The fourth-order valence-corrected chi connectivity index (χ4v) is 2.42. The van der Waals surface area contributed by atoms with Gasteiger partial charge in [0.25, 0.3) is 0 Å². The number of hydrogen-bond acceptors (Lipinski definition) is 2. The van der Waals surface area contributed by atoms with Crippen molar-refractivity contribution in [3.05, 3.63) is 0 Å². The highest BCUT2D eigenvalue weighted by molar-refractivity contribution is 6.18. The first-order chi connectivity index (χ1) is 5.70. The van der Waals surface area contributed by atoms with Gasteiger partial charge in [0.15, 0.2) is 0 Å². The zero-order valence-corrected chi connectivity index (χ0v) is 8.77. The highest BCUT2D eigenvalue weighted by Crippen LogP contribution is 2.24. The minimum Gasteiger partial charge on any atom is -0.381 e. The van der Waals surface area contributed by atoms with Gasteiger partial charge in [-0.15, -0.1) is 11.6 Å². The smallest absolute Gasteiger partial charge is 0.0649 e. The number of nitrogens with one attached hydrogen (secondary N) is 1. The van der Waals surface area contributed by atoms with E-state index in [9.17, 15) is 0 Å². The number of alkyl halides is 1. The molecule has 0 radical (unpaired) electrons. The molecule has 4 unspecified atom stereocenters. The summed E-state index contributed by atoms with van der Waals surface area (Å²) in [6.45, 7) is 5.42. The average Bonchev–Trinajstić information content (AvgIpc) is 2.06. The molecule has 0 bridgehead atoms. The molecule has 1 N–H and O–H groups in total. The summed E-state index contributed by atoms with van der Waals surface area (Å²) in [5.41, 5.74) is 0. The quantitative estimate of drug-likeness (QED) is 0.668. The lowest BCUT2D eigenvalue weighted by Gasteiger charge is -2.39. The predicted molar refractivity (Wildman–Crippen MR) is 51.6 cm³/mol. The Kier molecular flexibility index (Phi) is 3.81. The van der Waals surface area contributed by atoms with Gasteiger partial charge in [-0.05, 0) is 11.8 Å². The molecule has 1 fully saturated rings. The topological polar surface area (TPSA) is 21.3 Å². The number of ether oxygens (including phenoxy) is 1. The lowest BCUT2D eigenvalue weighted by Crippen LogP contribution is -2.53. The van der Waals surface area contributed by atoms with Crippen molar-refractivity contribution in [1.82, 2.24) is 5.32 Å². The third kappa shape index (κ3) is 1.93. The third-order valence-corrected chi connectivity index (χ3v) is 3.19. The zero-order valence-electron chi connectivity index (χ0n) is 8.01. The summed E-state index contributed by atoms with van der Waals surface area (Å²) < 4.78 is 5.45. The van der Waals surface area contributed by atoms with Crippen LogP contribution in [0.4, 0.5) is 0 Å². The maximum absolute atomic E-state index is 5.83. The summed E-state index contributed by atoms with van der Waals surface area (Å²) in [7, 11) is 1.79. The van der Waals surface area contributed by atoms with Gasteiger partial charge in [-0.25, -0.2) is 0 Å². The molecule has 1 aliphatic heterocycles. The Bertz CT molecular complexity index is 142. The standard InChI is InChI=1S/C9H18ClNO/c1-6-5-11-8(4-10)7(2)9(6)12-3/h6-9,11H,4-5H2,1-3H3. The monoisotopic (exact) mass is 191 g/mol. The summed E-state index contributed by atoms with van der Waals surface area (Å²) >= 11 is 5.83. The molecular weight excluding hydrogens is 174 g/mol. The van der Waals surface area contributed by atoms with E-state index in [1.807, 2.05) is 0 Å². The van der Waals surface area contributed by atoms with E-state index in [1.54, 1.807) is 7.11 Å². The van der Waals surface area contributed by atoms with Gasteiger partial charge < -0.3 is 10.1 Å². The largest absolute Gasteiger partial charge is 0.381 e. The average molecular weight is 192 g/mol. The van der Waals surface area contributed by atoms with Gasteiger partial charge in [-0.2, -0.15) is 0 Å². The molecule has 0 saturated carbocycles. The molecule has 0 aliphatic carbocycles. The Hall–Kier alpha value is 0.210. The van der Waals surface area contributed by atoms with E-state index in [0.29, 0.717) is 29.9 Å². The number of halogens is 1. The van der Waals surface area contributed by atoms with Crippen molar-refractivity contribution in [2.45, 2.75) is 26.0 Å². The van der Waals surface area contributed by atoms with Gasteiger partial charge in [0.2, 0.25) is 0 Å². The molecule has 0 aromatic carbocycles. The Morgan fingerprint density at radius 3 is 2.67 bits per heavy atom. The number of rotatable bonds is 2. The van der Waals surface area contributed by atoms with Crippen LogP contribution in [0, 0.1) is 11.8 Å². The van der Waals surface area contributed by atoms with Crippen LogP contribution in [0.3, 0.4) is 0 Å². The van der Waals surface area contributed by atoms with E-state index in [4.69, 9.17) is 16.3 Å². The van der Waals surface area contributed by atoms with Crippen LogP contribution < -0.4 is 5.32 Å². The number of hydrogen-bond donors (Lipinski definition) is 1. The lowest BCUT2D eigenvalue weighted by atomic mass is 9.84. The highest BCUT2D eigenvalue weighted by Gasteiger charge is 2.33. The zero-order chi connectivity index (χ0) is 9.14. The summed E-state index contributed by atoms with van der Waals surface area (Å²) in [6, 6.07) is 0.410. The van der Waals surface area contributed by atoms with E-state index in [2.05, 4.69) is 19.2 Å². The van der Waals surface area contributed by atoms with E-state index in [0.717, 1.165) is 6.54 Å². The lowest BCUT2D eigenvalue weighted by molar-refractivity contribution is -0.0137. The summed E-state index contributed by atoms with van der Waals surface area (Å²) in [5, 5.41) is 3.42. The summed E-state index contributed by atoms with van der Waals surface area (Å²) in [6.07, 6.45) is 0.356. The summed E-state index contributed by atoms with van der Waals surface area (Å²) in [4.78, 5) is 0. The van der Waals surface area contributed by atoms with Gasteiger partial charge in [0.1, 0.15) is 0 Å². The second-order valence-corrected chi connectivity index (χ2v) is 4.01. The van der Waals surface area contributed by atoms with E-state index in [-0.39, 0.29) is 0 Å². The first-order valence-corrected chi connectivity index (χ1v) is 5.06. The molecule has 4 atom stereocenters. The Balaban J connectivity index is 2.56. The van der Waals surface area contributed by atoms with Crippen LogP contribution >= 0.6 is 11.6 Å². The molecule has 2 nitrogen and oxygen atoms in total. The minimum absolute atomic E-state index is 0.356. The van der Waals surface area contributed by atoms with Crippen LogP contribution in [0.25, 0.3) is 0 Å². The molecular formula is C9H18ClNO. The molecule has 72 valence electrons. The Labute approximate surface area is 79.6 Å². The molecule has 0 amide bonds. The van der Waals surface area contributed by atoms with Crippen molar-refractivity contribution in [1.29, 1.82) is 0 Å². The molecule has 3 heteroatoms. The Morgan fingerprint density at radius 1 is 1.50 bits per heavy atom. The fraction of sp³-hybridized carbons (Fsp3) is 1.00. The predicted octanol–water partition coefficient (Wildman–Crippen LogP) is 1.48. The fourth-order valence-electron chi connectivity index (χ4n) is 2.03. The number of methoxy groups -OCH3 is 1. The van der Waals surface area contributed by atoms with Crippen LogP contribution in [-0.4, -0.2) is 31.7 Å². The second-order valence-electron chi connectivity index (χ2n) is 3.71. The van der Waals surface area contributed by atoms with E-state index in [1.165, 1.54) is 0 Å². The van der Waals surface area contributed by atoms with Crippen LogP contribution in [0.1, 0.15) is 13.8 Å². The third-order valence-electron chi connectivity index (χ3n) is 2.85. The summed E-state index contributed by atoms with van der Waals surface area (Å²) in [5.74, 6) is 1.77. The van der Waals surface area contributed by atoms with E-state index < -0.39 is 0 Å². The highest BCUT2D eigenvalue weighted by atomic mass is 35.5. The second kappa shape index (κ2) is 4.45. The van der Waals surface area contributed by atoms with Gasteiger partial charge in [-0.1, -0.05) is 13.8 Å². The van der Waals surface area contributed by atoms with E-state index >= 15 is 0 Å². The van der Waals surface area contributed by atoms with Gasteiger partial charge in [0, 0.05) is 25.6 Å². The molecule has 1 saturated heterocycles. The van der Waals surface area contributed by atoms with Crippen LogP contribution in [0.15, 0.2) is 0 Å². The first-order valence-electron chi connectivity index (χ1n) is 4.52. The van der Waals surface area contributed by atoms with Crippen molar-refractivity contribution >= 4 is 11.6 Å². The molecule has 1 heterocycles.